The van der Waals surface area contributed by atoms with Gasteiger partial charge in [-0.15, -0.1) is 0 Å². The summed E-state index contributed by atoms with van der Waals surface area (Å²) < 4.78 is 7.24. The molecule has 98 valence electrons. The molecule has 0 bridgehead atoms. The Bertz CT molecular complexity index is 285. The molecule has 0 aromatic heterocycles. The number of rotatable bonds is 5. The lowest BCUT2D eigenvalue weighted by Gasteiger charge is -2.48. The zero-order chi connectivity index (χ0) is 13.3. The Morgan fingerprint density at radius 3 is 1.41 bits per heavy atom. The van der Waals surface area contributed by atoms with Gasteiger partial charge >= 0.3 is 0 Å². The maximum absolute atomic E-state index is 2.41. The molecule has 0 aromatic rings. The molecule has 4 heteroatoms. The number of allylic oxidation sites excluding steroid dienone is 4. The Morgan fingerprint density at radius 1 is 0.824 bits per heavy atom. The minimum atomic E-state index is -1.56. The molecule has 0 saturated heterocycles. The van der Waals surface area contributed by atoms with E-state index in [4.69, 9.17) is 0 Å². The lowest BCUT2D eigenvalue weighted by Crippen LogP contribution is -2.47. The van der Waals surface area contributed by atoms with Crippen LogP contribution >= 0.6 is 7.71 Å². The molecule has 0 aliphatic heterocycles. The molecule has 0 heterocycles. The van der Waals surface area contributed by atoms with E-state index in [9.17, 15) is 0 Å². The summed E-state index contributed by atoms with van der Waals surface area (Å²) >= 11 is 0. The van der Waals surface area contributed by atoms with Crippen molar-refractivity contribution < 1.29 is 0 Å². The fourth-order valence-electron chi connectivity index (χ4n) is 3.34. The van der Waals surface area contributed by atoms with Crippen molar-refractivity contribution in [3.8, 4) is 0 Å². The van der Waals surface area contributed by atoms with Gasteiger partial charge in [0.05, 0.1) is 0 Å². The summed E-state index contributed by atoms with van der Waals surface area (Å²) in [6, 6.07) is 0. The van der Waals surface area contributed by atoms with Gasteiger partial charge in [-0.05, 0) is 18.6 Å². The van der Waals surface area contributed by atoms with Crippen molar-refractivity contribution in [1.29, 1.82) is 0 Å². The zero-order valence-electron chi connectivity index (χ0n) is 12.3. The quantitative estimate of drug-likeness (QED) is 0.700. The molecule has 0 amide bonds. The summed E-state index contributed by atoms with van der Waals surface area (Å²) in [6.07, 6.45) is 10.3. The third-order valence-corrected chi connectivity index (χ3v) is 8.76. The molecular formula is C13H27N3P+. The predicted octanol–water partition coefficient (Wildman–Crippen LogP) is 2.71. The van der Waals surface area contributed by atoms with E-state index in [1.54, 1.807) is 0 Å². The van der Waals surface area contributed by atoms with Gasteiger partial charge in [0.2, 0.25) is 7.71 Å². The van der Waals surface area contributed by atoms with Gasteiger partial charge in [0, 0.05) is 42.3 Å². The van der Waals surface area contributed by atoms with Crippen LogP contribution in [-0.4, -0.2) is 61.5 Å². The van der Waals surface area contributed by atoms with Crippen LogP contribution in [0, 0.1) is 0 Å². The van der Waals surface area contributed by atoms with Crippen LogP contribution in [0.2, 0.25) is 0 Å². The summed E-state index contributed by atoms with van der Waals surface area (Å²) in [7, 11) is 11.6. The third kappa shape index (κ3) is 2.00. The molecule has 1 aliphatic rings. The summed E-state index contributed by atoms with van der Waals surface area (Å²) in [6.45, 7) is 2.28. The molecule has 3 nitrogen and oxygen atoms in total. The highest BCUT2D eigenvalue weighted by Gasteiger charge is 2.62. The highest BCUT2D eigenvalue weighted by molar-refractivity contribution is 7.70. The molecule has 0 spiro atoms. The first-order valence-corrected chi connectivity index (χ1v) is 7.79. The second kappa shape index (κ2) is 5.19. The van der Waals surface area contributed by atoms with Crippen molar-refractivity contribution in [1.82, 2.24) is 14.0 Å². The van der Waals surface area contributed by atoms with E-state index in [0.717, 1.165) is 6.42 Å². The molecule has 0 fully saturated rings. The summed E-state index contributed by atoms with van der Waals surface area (Å²) in [5.74, 6) is 0. The minimum absolute atomic E-state index is 0.142. The Balaban J connectivity index is 3.41. The van der Waals surface area contributed by atoms with Crippen LogP contribution in [0.25, 0.3) is 0 Å². The van der Waals surface area contributed by atoms with Crippen molar-refractivity contribution in [2.45, 2.75) is 18.5 Å². The van der Waals surface area contributed by atoms with Gasteiger partial charge in [0.15, 0.2) is 5.16 Å². The maximum Gasteiger partial charge on any atom is 0.239 e. The SMILES string of the molecule is CCC1([P+](N(C)C)(N(C)C)N(C)C)C=CC=C1. The Hall–Kier alpha value is -0.210. The first-order chi connectivity index (χ1) is 7.85. The van der Waals surface area contributed by atoms with Crippen LogP contribution < -0.4 is 0 Å². The second-order valence-corrected chi connectivity index (χ2v) is 9.54. The van der Waals surface area contributed by atoms with Crippen LogP contribution in [0.4, 0.5) is 0 Å². The molecule has 17 heavy (non-hydrogen) atoms. The van der Waals surface area contributed by atoms with Gasteiger partial charge < -0.3 is 0 Å². The van der Waals surface area contributed by atoms with E-state index in [1.165, 1.54) is 0 Å². The van der Waals surface area contributed by atoms with E-state index in [0.29, 0.717) is 0 Å². The molecule has 0 aromatic carbocycles. The van der Waals surface area contributed by atoms with Gasteiger partial charge in [-0.3, -0.25) is 0 Å². The Kier molecular flexibility index (Phi) is 4.54. The number of nitrogens with zero attached hydrogens (tertiary/aromatic N) is 3. The standard InChI is InChI=1S/C13H27N3P/c1-8-13(11-9-10-12-13)17(14(2)3,15(4)5)16(6)7/h9-12H,8H2,1-7H3/q+1. The van der Waals surface area contributed by atoms with Crippen LogP contribution in [0.1, 0.15) is 13.3 Å². The molecule has 0 atom stereocenters. The van der Waals surface area contributed by atoms with Crippen molar-refractivity contribution in [2.24, 2.45) is 0 Å². The van der Waals surface area contributed by atoms with Gasteiger partial charge in [-0.2, -0.15) is 14.0 Å². The fraction of sp³-hybridized carbons (Fsp3) is 0.692. The molecule has 0 saturated carbocycles. The summed E-state index contributed by atoms with van der Waals surface area (Å²) in [5, 5.41) is 0.142. The number of hydrogen-bond acceptors (Lipinski definition) is 3. The van der Waals surface area contributed by atoms with E-state index in [-0.39, 0.29) is 5.16 Å². The minimum Gasteiger partial charge on any atom is -0.154 e. The van der Waals surface area contributed by atoms with Crippen molar-refractivity contribution in [2.75, 3.05) is 42.3 Å². The van der Waals surface area contributed by atoms with Crippen LogP contribution in [0.15, 0.2) is 24.3 Å². The Morgan fingerprint density at radius 2 is 1.18 bits per heavy atom. The molecule has 0 unspecified atom stereocenters. The monoisotopic (exact) mass is 256 g/mol. The summed E-state index contributed by atoms with van der Waals surface area (Å²) in [4.78, 5) is 0. The first-order valence-electron chi connectivity index (χ1n) is 6.14. The molecule has 1 aliphatic carbocycles. The van der Waals surface area contributed by atoms with E-state index >= 15 is 0 Å². The lowest BCUT2D eigenvalue weighted by atomic mass is 10.1. The van der Waals surface area contributed by atoms with Gasteiger partial charge in [0.25, 0.3) is 0 Å². The van der Waals surface area contributed by atoms with Crippen molar-refractivity contribution >= 4 is 7.71 Å². The van der Waals surface area contributed by atoms with Crippen molar-refractivity contribution in [3.05, 3.63) is 24.3 Å². The Labute approximate surface area is 107 Å². The average molecular weight is 256 g/mol. The highest BCUT2D eigenvalue weighted by atomic mass is 31.2. The molecule has 1 rings (SSSR count). The summed E-state index contributed by atoms with van der Waals surface area (Å²) in [5.41, 5.74) is 0. The van der Waals surface area contributed by atoms with E-state index in [1.807, 2.05) is 0 Å². The van der Waals surface area contributed by atoms with Gasteiger partial charge in [-0.1, -0.05) is 19.1 Å². The van der Waals surface area contributed by atoms with E-state index < -0.39 is 7.71 Å². The van der Waals surface area contributed by atoms with Crippen LogP contribution in [-0.2, 0) is 0 Å². The number of hydrogen-bond donors (Lipinski definition) is 0. The van der Waals surface area contributed by atoms with Gasteiger partial charge in [-0.25, -0.2) is 0 Å². The smallest absolute Gasteiger partial charge is 0.154 e. The largest absolute Gasteiger partial charge is 0.239 e. The molecule has 0 N–H and O–H groups in total. The topological polar surface area (TPSA) is 9.72 Å². The highest BCUT2D eigenvalue weighted by Crippen LogP contribution is 2.75. The third-order valence-electron chi connectivity index (χ3n) is 3.68. The van der Waals surface area contributed by atoms with Crippen molar-refractivity contribution in [3.63, 3.8) is 0 Å². The van der Waals surface area contributed by atoms with Crippen LogP contribution in [0.3, 0.4) is 0 Å². The zero-order valence-corrected chi connectivity index (χ0v) is 13.2. The predicted molar refractivity (Wildman–Crippen MR) is 79.3 cm³/mol. The molecule has 0 radical (unpaired) electrons. The lowest BCUT2D eigenvalue weighted by molar-refractivity contribution is 0.432. The average Bonchev–Trinajstić information content (AvgIpc) is 2.66. The van der Waals surface area contributed by atoms with Gasteiger partial charge in [0.1, 0.15) is 0 Å². The van der Waals surface area contributed by atoms with Crippen LogP contribution in [0.5, 0.6) is 0 Å². The normalized spacial score (nSPS) is 18.9. The van der Waals surface area contributed by atoms with E-state index in [2.05, 4.69) is 87.5 Å². The molecular weight excluding hydrogens is 229 g/mol. The first kappa shape index (κ1) is 14.8. The second-order valence-electron chi connectivity index (χ2n) is 5.17. The maximum atomic E-state index is 2.41. The fourth-order valence-corrected chi connectivity index (χ4v) is 8.72.